The number of hydrogen-bond donors (Lipinski definition) is 6. The van der Waals surface area contributed by atoms with Gasteiger partial charge in [0.2, 0.25) is 0 Å². The van der Waals surface area contributed by atoms with Gasteiger partial charge in [-0.3, -0.25) is 28.8 Å². The first-order chi connectivity index (χ1) is 19.6. The Hall–Kier alpha value is -0.120. The third kappa shape index (κ3) is 25.7. The van der Waals surface area contributed by atoms with Crippen molar-refractivity contribution in [1.29, 1.82) is 0 Å². The van der Waals surface area contributed by atoms with E-state index in [0.29, 0.717) is 0 Å². The van der Waals surface area contributed by atoms with Gasteiger partial charge >= 0.3 is 0 Å². The predicted molar refractivity (Wildman–Crippen MR) is 193 cm³/mol. The summed E-state index contributed by atoms with van der Waals surface area (Å²) < 4.78 is 0. The molecule has 0 amide bonds. The van der Waals surface area contributed by atoms with Gasteiger partial charge in [0.15, 0.2) is 34.7 Å². The molecular weight excluding hydrogens is 673 g/mol. The van der Waals surface area contributed by atoms with E-state index >= 15 is 0 Å². The Bertz CT molecular complexity index is 674. The van der Waals surface area contributed by atoms with Gasteiger partial charge in [-0.05, 0) is 83.8 Å². The van der Waals surface area contributed by atoms with Crippen LogP contribution in [0.5, 0.6) is 0 Å². The first-order valence-electron chi connectivity index (χ1n) is 12.6. The van der Waals surface area contributed by atoms with Crippen LogP contribution in [-0.4, -0.2) is 109 Å². The van der Waals surface area contributed by atoms with Crippen molar-refractivity contribution in [2.75, 3.05) is 42.3 Å². The Morgan fingerprint density at radius 3 is 0.465 bits per heavy atom. The van der Waals surface area contributed by atoms with Gasteiger partial charge in [0, 0.05) is 0 Å². The molecule has 0 aromatic rings. The van der Waals surface area contributed by atoms with E-state index < -0.39 is 0 Å². The molecule has 0 aromatic heterocycles. The Balaban J connectivity index is -0.000000262. The van der Waals surface area contributed by atoms with E-state index in [1.165, 1.54) is 106 Å². The zero-order chi connectivity index (χ0) is 33.4. The number of ketones is 6. The van der Waals surface area contributed by atoms with E-state index in [-0.39, 0.29) is 74.4 Å². The smallest absolute Gasteiger partial charge is 0.157 e. The monoisotopic (exact) mass is 724 g/mol. The minimum absolute atomic E-state index is 0. The van der Waals surface area contributed by atoms with Crippen molar-refractivity contribution in [2.24, 2.45) is 0 Å². The summed E-state index contributed by atoms with van der Waals surface area (Å²) in [5, 5.41) is 15.7. The van der Waals surface area contributed by atoms with Crippen molar-refractivity contribution < 1.29 is 28.8 Å². The minimum Gasteiger partial charge on any atom is -0.302 e. The van der Waals surface area contributed by atoms with Crippen LogP contribution in [0.25, 0.3) is 0 Å². The van der Waals surface area contributed by atoms with Crippen LogP contribution in [0.15, 0.2) is 0 Å². The third-order valence-electron chi connectivity index (χ3n) is 4.53. The summed E-state index contributed by atoms with van der Waals surface area (Å²) in [4.78, 5) is 66.3. The fraction of sp³-hybridized carbons (Fsp3) is 0.760. The maximum absolute atomic E-state index is 11.0. The lowest BCUT2D eigenvalue weighted by Gasteiger charge is -2.15. The molecule has 0 radical (unpaired) electrons. The van der Waals surface area contributed by atoms with Crippen molar-refractivity contribution in [2.45, 2.75) is 81.2 Å². The lowest BCUT2D eigenvalue weighted by Crippen LogP contribution is -2.31. The molecule has 0 heterocycles. The maximum atomic E-state index is 11.0. The van der Waals surface area contributed by atoms with Crippen molar-refractivity contribution >= 4 is 99.5 Å². The molecule has 0 aliphatic rings. The molecule has 0 aliphatic carbocycles. The van der Waals surface area contributed by atoms with Crippen LogP contribution >= 0.6 is 64.8 Å². The zero-order valence-corrected chi connectivity index (χ0v) is 31.3. The second kappa shape index (κ2) is 30.5. The van der Waals surface area contributed by atoms with Gasteiger partial charge in [-0.25, -0.2) is 0 Å². The standard InChI is InChI=1S/3C8H16N2O2S2.CH4/c3*1-5(11)7(9-3)13-14-8(10-4)6(2)12;/h3*7-10H,1-4H3;1H4. The van der Waals surface area contributed by atoms with Crippen molar-refractivity contribution in [3.63, 3.8) is 0 Å². The Labute approximate surface area is 282 Å². The normalized spacial score (nSPS) is 14.5. The fourth-order valence-electron chi connectivity index (χ4n) is 2.25. The SMILES string of the molecule is C.CNC(SSC(NC)C(C)=O)C(C)=O.CNC(SSC(NC)C(C)=O)C(C)=O.CNC(SSC(NC)C(C)=O)C(C)=O. The quantitative estimate of drug-likeness (QED) is 0.0752. The van der Waals surface area contributed by atoms with E-state index in [1.807, 2.05) is 0 Å². The molecular formula is C25H52N6O6S6. The first-order valence-corrected chi connectivity index (χ1v) is 19.4. The molecule has 12 nitrogen and oxygen atoms in total. The van der Waals surface area contributed by atoms with Gasteiger partial charge in [0.05, 0.1) is 0 Å². The van der Waals surface area contributed by atoms with Gasteiger partial charge < -0.3 is 31.9 Å². The van der Waals surface area contributed by atoms with Gasteiger partial charge in [-0.2, -0.15) is 0 Å². The summed E-state index contributed by atoms with van der Waals surface area (Å²) in [7, 11) is 18.5. The van der Waals surface area contributed by atoms with Gasteiger partial charge in [-0.1, -0.05) is 72.2 Å². The summed E-state index contributed by atoms with van der Waals surface area (Å²) in [6, 6.07) is 0. The zero-order valence-electron chi connectivity index (χ0n) is 26.4. The van der Waals surface area contributed by atoms with Gasteiger partial charge in [-0.15, -0.1) is 0 Å². The number of nitrogens with one attached hydrogen (secondary N) is 6. The fourth-order valence-corrected chi connectivity index (χ4v) is 10.5. The molecule has 254 valence electrons. The lowest BCUT2D eigenvalue weighted by atomic mass is 10.4. The van der Waals surface area contributed by atoms with Crippen LogP contribution in [0, 0.1) is 0 Å². The second-order valence-electron chi connectivity index (χ2n) is 8.25. The van der Waals surface area contributed by atoms with E-state index in [2.05, 4.69) is 31.9 Å². The van der Waals surface area contributed by atoms with E-state index in [1.54, 1.807) is 42.3 Å². The lowest BCUT2D eigenvalue weighted by molar-refractivity contribution is -0.117. The molecule has 0 aliphatic heterocycles. The number of hydrogen-bond acceptors (Lipinski definition) is 18. The van der Waals surface area contributed by atoms with E-state index in [9.17, 15) is 28.8 Å². The average Bonchev–Trinajstić information content (AvgIpc) is 2.91. The summed E-state index contributed by atoms with van der Waals surface area (Å²) >= 11 is 0. The van der Waals surface area contributed by atoms with Gasteiger partial charge in [0.1, 0.15) is 32.2 Å². The second-order valence-corrected chi connectivity index (χ2v) is 15.7. The first kappa shape index (κ1) is 49.8. The molecule has 0 aromatic carbocycles. The van der Waals surface area contributed by atoms with Crippen molar-refractivity contribution in [3.05, 3.63) is 0 Å². The molecule has 0 fully saturated rings. The highest BCUT2D eigenvalue weighted by Gasteiger charge is 2.20. The molecule has 0 rings (SSSR count). The van der Waals surface area contributed by atoms with Crippen LogP contribution in [-0.2, 0) is 28.8 Å². The summed E-state index contributed by atoms with van der Waals surface area (Å²) in [6.45, 7) is 9.15. The topological polar surface area (TPSA) is 175 Å². The molecule has 6 N–H and O–H groups in total. The summed E-state index contributed by atoms with van der Waals surface area (Å²) in [6.07, 6.45) is 0. The molecule has 0 saturated carbocycles. The van der Waals surface area contributed by atoms with Crippen LogP contribution in [0.2, 0.25) is 0 Å². The number of carbonyl (C=O) groups excluding carboxylic acids is 6. The van der Waals surface area contributed by atoms with Crippen LogP contribution < -0.4 is 31.9 Å². The Morgan fingerprint density at radius 2 is 0.419 bits per heavy atom. The molecule has 6 unspecified atom stereocenters. The minimum atomic E-state index is -0.254. The highest BCUT2D eigenvalue weighted by molar-refractivity contribution is 8.78. The largest absolute Gasteiger partial charge is 0.302 e. The number of rotatable bonds is 21. The molecule has 18 heteroatoms. The maximum Gasteiger partial charge on any atom is 0.157 e. The predicted octanol–water partition coefficient (Wildman–Crippen LogP) is 2.55. The third-order valence-corrected chi connectivity index (χ3v) is 13.9. The Morgan fingerprint density at radius 1 is 0.326 bits per heavy atom. The number of likely N-dealkylation sites (N-methyl/N-ethyl adjacent to an activating group) is 6. The molecule has 6 atom stereocenters. The van der Waals surface area contributed by atoms with Crippen LogP contribution in [0.4, 0.5) is 0 Å². The van der Waals surface area contributed by atoms with Gasteiger partial charge in [0.25, 0.3) is 0 Å². The van der Waals surface area contributed by atoms with Crippen LogP contribution in [0.1, 0.15) is 49.0 Å². The summed E-state index contributed by atoms with van der Waals surface area (Å²) in [5.74, 6) is 0.352. The number of carbonyl (C=O) groups is 6. The number of Topliss-reactive ketones (excluding diaryl/α,β-unsaturated/α-hetero) is 6. The Kier molecular flexibility index (Phi) is 35.3. The molecule has 43 heavy (non-hydrogen) atoms. The van der Waals surface area contributed by atoms with Crippen molar-refractivity contribution in [3.8, 4) is 0 Å². The molecule has 0 saturated heterocycles. The molecule has 0 bridgehead atoms. The highest BCUT2D eigenvalue weighted by atomic mass is 33.1. The average molecular weight is 725 g/mol. The van der Waals surface area contributed by atoms with E-state index in [4.69, 9.17) is 0 Å². The molecule has 0 spiro atoms. The van der Waals surface area contributed by atoms with Crippen LogP contribution in [0.3, 0.4) is 0 Å². The van der Waals surface area contributed by atoms with Crippen molar-refractivity contribution in [1.82, 2.24) is 31.9 Å². The van der Waals surface area contributed by atoms with E-state index in [0.717, 1.165) is 0 Å². The highest BCUT2D eigenvalue weighted by Crippen LogP contribution is 2.31. The summed E-state index contributed by atoms with van der Waals surface area (Å²) in [5.41, 5.74) is 0.